The summed E-state index contributed by atoms with van der Waals surface area (Å²) in [6, 6.07) is 3.77. The van der Waals surface area contributed by atoms with Gasteiger partial charge >= 0.3 is 6.18 Å². The molecule has 5 nitrogen and oxygen atoms in total. The summed E-state index contributed by atoms with van der Waals surface area (Å²) in [4.78, 5) is 23.3. The minimum Gasteiger partial charge on any atom is -0.294 e. The van der Waals surface area contributed by atoms with Gasteiger partial charge in [-0.25, -0.2) is 15.0 Å². The van der Waals surface area contributed by atoms with Crippen LogP contribution in [-0.4, -0.2) is 26.1 Å². The first-order valence-electron chi connectivity index (χ1n) is 6.14. The molecule has 2 rings (SSSR count). The van der Waals surface area contributed by atoms with Gasteiger partial charge in [0.25, 0.3) is 0 Å². The second-order valence-corrected chi connectivity index (χ2v) is 5.57. The molecular weight excluding hydrogens is 317 g/mol. The number of nitrogens with one attached hydrogen (secondary N) is 1. The quantitative estimate of drug-likeness (QED) is 0.874. The first kappa shape index (κ1) is 16.2. The molecule has 0 radical (unpaired) electrons. The zero-order valence-electron chi connectivity index (χ0n) is 11.3. The van der Waals surface area contributed by atoms with Gasteiger partial charge in [-0.15, -0.1) is 0 Å². The number of hydrogen-bond donors (Lipinski definition) is 1. The Morgan fingerprint density at radius 3 is 2.45 bits per heavy atom. The van der Waals surface area contributed by atoms with E-state index in [1.807, 2.05) is 0 Å². The van der Waals surface area contributed by atoms with Gasteiger partial charge in [0.15, 0.2) is 0 Å². The van der Waals surface area contributed by atoms with Crippen LogP contribution >= 0.6 is 11.8 Å². The molecule has 0 unspecified atom stereocenters. The van der Waals surface area contributed by atoms with E-state index in [-0.39, 0.29) is 11.9 Å². The number of carbonyl (C=O) groups excluding carboxylic acids is 1. The molecule has 0 saturated heterocycles. The maximum atomic E-state index is 12.4. The molecule has 1 atom stereocenters. The summed E-state index contributed by atoms with van der Waals surface area (Å²) in [5.41, 5.74) is -0.827. The number of alkyl halides is 3. The van der Waals surface area contributed by atoms with E-state index in [0.29, 0.717) is 5.03 Å². The number of pyridine rings is 1. The van der Waals surface area contributed by atoms with Gasteiger partial charge in [0.2, 0.25) is 11.9 Å². The minimum absolute atomic E-state index is 0.167. The maximum Gasteiger partial charge on any atom is 0.417 e. The Balaban J connectivity index is 1.96. The lowest BCUT2D eigenvalue weighted by Crippen LogP contribution is -2.23. The van der Waals surface area contributed by atoms with Crippen molar-refractivity contribution >= 4 is 23.6 Å². The van der Waals surface area contributed by atoms with Crippen LogP contribution in [-0.2, 0) is 11.0 Å². The van der Waals surface area contributed by atoms with Crippen molar-refractivity contribution in [2.45, 2.75) is 23.4 Å². The molecule has 1 amide bonds. The summed E-state index contributed by atoms with van der Waals surface area (Å²) >= 11 is 1.04. The van der Waals surface area contributed by atoms with E-state index in [9.17, 15) is 18.0 Å². The van der Waals surface area contributed by atoms with Crippen molar-refractivity contribution in [1.82, 2.24) is 15.0 Å². The number of carbonyl (C=O) groups is 1. The number of halogens is 3. The van der Waals surface area contributed by atoms with Crippen LogP contribution in [0.5, 0.6) is 0 Å². The highest BCUT2D eigenvalue weighted by Crippen LogP contribution is 2.30. The summed E-state index contributed by atoms with van der Waals surface area (Å²) in [5.74, 6) is -0.196. The number of nitrogens with zero attached hydrogens (tertiary/aromatic N) is 3. The van der Waals surface area contributed by atoms with Gasteiger partial charge in [-0.3, -0.25) is 10.1 Å². The topological polar surface area (TPSA) is 67.8 Å². The van der Waals surface area contributed by atoms with Crippen molar-refractivity contribution in [3.63, 3.8) is 0 Å². The van der Waals surface area contributed by atoms with Gasteiger partial charge in [0, 0.05) is 18.6 Å². The average molecular weight is 328 g/mol. The van der Waals surface area contributed by atoms with E-state index < -0.39 is 17.0 Å². The number of hydrogen-bond acceptors (Lipinski definition) is 5. The average Bonchev–Trinajstić information content (AvgIpc) is 2.48. The van der Waals surface area contributed by atoms with Crippen LogP contribution in [0.15, 0.2) is 41.8 Å². The second kappa shape index (κ2) is 6.73. The third kappa shape index (κ3) is 4.42. The summed E-state index contributed by atoms with van der Waals surface area (Å²) < 4.78 is 37.3. The lowest BCUT2D eigenvalue weighted by Gasteiger charge is -2.11. The third-order valence-corrected chi connectivity index (χ3v) is 3.58. The Labute approximate surface area is 128 Å². The maximum absolute atomic E-state index is 12.4. The van der Waals surface area contributed by atoms with Gasteiger partial charge in [-0.2, -0.15) is 13.2 Å². The normalized spacial score (nSPS) is 12.7. The minimum atomic E-state index is -4.43. The molecule has 1 N–H and O–H groups in total. The SMILES string of the molecule is C[C@@H](Sc1ccc(C(F)(F)F)cn1)C(=O)Nc1ncccn1. The lowest BCUT2D eigenvalue weighted by atomic mass is 10.3. The molecule has 9 heteroatoms. The van der Waals surface area contributed by atoms with Crippen LogP contribution < -0.4 is 5.32 Å². The zero-order chi connectivity index (χ0) is 16.2. The van der Waals surface area contributed by atoms with Gasteiger partial charge < -0.3 is 0 Å². The van der Waals surface area contributed by atoms with E-state index >= 15 is 0 Å². The molecule has 0 aliphatic carbocycles. The summed E-state index contributed by atoms with van der Waals surface area (Å²) in [6.45, 7) is 1.61. The number of anilines is 1. The van der Waals surface area contributed by atoms with Crippen molar-refractivity contribution in [2.24, 2.45) is 0 Å². The van der Waals surface area contributed by atoms with Gasteiger partial charge in [0.05, 0.1) is 15.8 Å². The molecule has 2 aromatic rings. The molecule has 0 bridgehead atoms. The molecule has 2 heterocycles. The number of thioether (sulfide) groups is 1. The summed E-state index contributed by atoms with van der Waals surface area (Å²) in [6.07, 6.45) is -0.715. The molecule has 0 saturated carbocycles. The fourth-order valence-corrected chi connectivity index (χ4v) is 2.22. The van der Waals surface area contributed by atoms with Crippen molar-refractivity contribution in [3.8, 4) is 0 Å². The molecule has 0 spiro atoms. The van der Waals surface area contributed by atoms with Gasteiger partial charge in [-0.1, -0.05) is 11.8 Å². The van der Waals surface area contributed by atoms with Crippen molar-refractivity contribution < 1.29 is 18.0 Å². The predicted octanol–water partition coefficient (Wildman–Crippen LogP) is 3.01. The molecule has 0 aliphatic rings. The molecule has 2 aromatic heterocycles. The number of rotatable bonds is 4. The highest BCUT2D eigenvalue weighted by Gasteiger charge is 2.30. The largest absolute Gasteiger partial charge is 0.417 e. The van der Waals surface area contributed by atoms with Crippen LogP contribution in [0.3, 0.4) is 0 Å². The van der Waals surface area contributed by atoms with E-state index in [0.717, 1.165) is 24.0 Å². The smallest absolute Gasteiger partial charge is 0.294 e. The van der Waals surface area contributed by atoms with Crippen molar-refractivity contribution in [3.05, 3.63) is 42.4 Å². The Kier molecular flexibility index (Phi) is 4.96. The van der Waals surface area contributed by atoms with E-state index in [1.165, 1.54) is 18.5 Å². The predicted molar refractivity (Wildman–Crippen MR) is 75.2 cm³/mol. The zero-order valence-corrected chi connectivity index (χ0v) is 12.1. The molecule has 22 heavy (non-hydrogen) atoms. The van der Waals surface area contributed by atoms with Crippen LogP contribution in [0.2, 0.25) is 0 Å². The van der Waals surface area contributed by atoms with Crippen LogP contribution in [0.4, 0.5) is 19.1 Å². The van der Waals surface area contributed by atoms with E-state index in [2.05, 4.69) is 20.3 Å². The molecular formula is C13H11F3N4OS. The van der Waals surface area contributed by atoms with Crippen LogP contribution in [0, 0.1) is 0 Å². The summed E-state index contributed by atoms with van der Waals surface area (Å²) in [7, 11) is 0. The molecule has 0 fully saturated rings. The fourth-order valence-electron chi connectivity index (χ4n) is 1.43. The van der Waals surface area contributed by atoms with Crippen molar-refractivity contribution in [2.75, 3.05) is 5.32 Å². The molecule has 116 valence electrons. The first-order chi connectivity index (χ1) is 10.4. The summed E-state index contributed by atoms with van der Waals surface area (Å²) in [5, 5.41) is 2.27. The standard InChI is InChI=1S/C13H11F3N4OS/c1-8(11(21)20-12-17-5-2-6-18-12)22-10-4-3-9(7-19-10)13(14,15)16/h2-8H,1H3,(H,17,18,20,21)/t8-/m1/s1. The first-order valence-corrected chi connectivity index (χ1v) is 7.02. The molecule has 0 aliphatic heterocycles. The van der Waals surface area contributed by atoms with E-state index in [1.54, 1.807) is 13.0 Å². The van der Waals surface area contributed by atoms with Crippen LogP contribution in [0.25, 0.3) is 0 Å². The second-order valence-electron chi connectivity index (χ2n) is 4.20. The number of aromatic nitrogens is 3. The van der Waals surface area contributed by atoms with Crippen molar-refractivity contribution in [1.29, 1.82) is 0 Å². The monoisotopic (exact) mass is 328 g/mol. The Morgan fingerprint density at radius 1 is 1.23 bits per heavy atom. The Morgan fingerprint density at radius 2 is 1.91 bits per heavy atom. The number of amides is 1. The Bertz CT molecular complexity index is 634. The molecule has 0 aromatic carbocycles. The third-order valence-electron chi connectivity index (χ3n) is 2.53. The fraction of sp³-hybridized carbons (Fsp3) is 0.231. The van der Waals surface area contributed by atoms with Gasteiger partial charge in [0.1, 0.15) is 0 Å². The lowest BCUT2D eigenvalue weighted by molar-refractivity contribution is -0.137. The Hall–Kier alpha value is -2.16. The van der Waals surface area contributed by atoms with Crippen LogP contribution in [0.1, 0.15) is 12.5 Å². The van der Waals surface area contributed by atoms with E-state index in [4.69, 9.17) is 0 Å². The highest BCUT2D eigenvalue weighted by molar-refractivity contribution is 8.00. The highest BCUT2D eigenvalue weighted by atomic mass is 32.2. The van der Waals surface area contributed by atoms with Gasteiger partial charge in [-0.05, 0) is 25.1 Å².